The van der Waals surface area contributed by atoms with Gasteiger partial charge in [0.15, 0.2) is 0 Å². The number of hydrogen-bond donors (Lipinski definition) is 0. The summed E-state index contributed by atoms with van der Waals surface area (Å²) >= 11 is 5.84. The largest absolute Gasteiger partial charge is 0.280 e. The molecule has 0 saturated carbocycles. The van der Waals surface area contributed by atoms with Gasteiger partial charge in [-0.1, -0.05) is 17.7 Å². The van der Waals surface area contributed by atoms with Crippen molar-refractivity contribution >= 4 is 22.5 Å². The molecule has 0 spiro atoms. The number of nitrogens with zero attached hydrogens (tertiary/aromatic N) is 1. The Labute approximate surface area is 105 Å². The molecule has 0 fully saturated rings. The van der Waals surface area contributed by atoms with Crippen LogP contribution >= 0.6 is 11.6 Å². The van der Waals surface area contributed by atoms with Gasteiger partial charge in [-0.2, -0.15) is 0 Å². The third-order valence-electron chi connectivity index (χ3n) is 2.68. The Bertz CT molecular complexity index is 598. The molecule has 2 rings (SSSR count). The summed E-state index contributed by atoms with van der Waals surface area (Å²) < 4.78 is 51.0. The fourth-order valence-electron chi connectivity index (χ4n) is 1.74. The molecule has 0 aliphatic rings. The van der Waals surface area contributed by atoms with Crippen LogP contribution in [-0.2, 0) is 0 Å². The van der Waals surface area contributed by atoms with Crippen LogP contribution in [0.2, 0.25) is 5.02 Å². The zero-order valence-corrected chi connectivity index (χ0v) is 9.98. The van der Waals surface area contributed by atoms with Crippen molar-refractivity contribution in [2.24, 2.45) is 0 Å². The molecular weight excluding hydrogens is 270 g/mol. The van der Waals surface area contributed by atoms with Crippen LogP contribution in [0.15, 0.2) is 18.2 Å². The first-order valence-corrected chi connectivity index (χ1v) is 5.45. The van der Waals surface area contributed by atoms with E-state index in [4.69, 9.17) is 11.6 Å². The Morgan fingerprint density at radius 2 is 1.78 bits per heavy atom. The van der Waals surface area contributed by atoms with E-state index in [1.165, 1.54) is 12.1 Å². The maximum Gasteiger partial charge on any atom is 0.280 e. The van der Waals surface area contributed by atoms with Gasteiger partial charge in [0.05, 0.1) is 5.52 Å². The van der Waals surface area contributed by atoms with Gasteiger partial charge >= 0.3 is 0 Å². The van der Waals surface area contributed by atoms with Crippen LogP contribution in [0.3, 0.4) is 0 Å². The highest BCUT2D eigenvalue weighted by Crippen LogP contribution is 2.33. The van der Waals surface area contributed by atoms with Gasteiger partial charge in [-0.3, -0.25) is 0 Å². The Hall–Kier alpha value is -1.36. The summed E-state index contributed by atoms with van der Waals surface area (Å²) in [4.78, 5) is 3.71. The second-order valence-corrected chi connectivity index (χ2v) is 4.21. The smallest absolute Gasteiger partial charge is 0.246 e. The Balaban J connectivity index is 2.85. The lowest BCUT2D eigenvalue weighted by Gasteiger charge is -2.11. The summed E-state index contributed by atoms with van der Waals surface area (Å²) in [6.07, 6.45) is -5.74. The minimum absolute atomic E-state index is 0.0931. The monoisotopic (exact) mass is 277 g/mol. The number of rotatable bonds is 2. The summed E-state index contributed by atoms with van der Waals surface area (Å²) in [6.45, 7) is 1.56. The van der Waals surface area contributed by atoms with Crippen molar-refractivity contribution in [3.63, 3.8) is 0 Å². The molecule has 0 aliphatic heterocycles. The van der Waals surface area contributed by atoms with E-state index < -0.39 is 24.1 Å². The van der Waals surface area contributed by atoms with Crippen LogP contribution in [0, 0.1) is 6.92 Å². The van der Waals surface area contributed by atoms with Crippen LogP contribution in [0.4, 0.5) is 17.6 Å². The van der Waals surface area contributed by atoms with Gasteiger partial charge in [-0.15, -0.1) is 0 Å². The maximum atomic E-state index is 12.9. The lowest BCUT2D eigenvalue weighted by Crippen LogP contribution is -1.98. The molecule has 96 valence electrons. The van der Waals surface area contributed by atoms with E-state index >= 15 is 0 Å². The lowest BCUT2D eigenvalue weighted by molar-refractivity contribution is 0.141. The Morgan fingerprint density at radius 1 is 1.11 bits per heavy atom. The quantitative estimate of drug-likeness (QED) is 0.698. The van der Waals surface area contributed by atoms with E-state index in [-0.39, 0.29) is 10.9 Å². The van der Waals surface area contributed by atoms with Crippen molar-refractivity contribution in [2.75, 3.05) is 0 Å². The van der Waals surface area contributed by atoms with Crippen LogP contribution in [0.25, 0.3) is 10.9 Å². The molecule has 0 radical (unpaired) electrons. The summed E-state index contributed by atoms with van der Waals surface area (Å²) in [5, 5.41) is 0.456. The second kappa shape index (κ2) is 4.72. The van der Waals surface area contributed by atoms with Gasteiger partial charge in [-0.05, 0) is 24.6 Å². The fraction of sp³-hybridized carbons (Fsp3) is 0.250. The first-order valence-electron chi connectivity index (χ1n) is 5.07. The molecule has 0 amide bonds. The third-order valence-corrected chi connectivity index (χ3v) is 3.09. The zero-order valence-electron chi connectivity index (χ0n) is 9.22. The van der Waals surface area contributed by atoms with Crippen molar-refractivity contribution in [1.29, 1.82) is 0 Å². The van der Waals surface area contributed by atoms with Crippen LogP contribution in [-0.4, -0.2) is 4.98 Å². The minimum Gasteiger partial charge on any atom is -0.246 e. The third kappa shape index (κ3) is 2.14. The van der Waals surface area contributed by atoms with Gasteiger partial charge in [0.1, 0.15) is 5.69 Å². The van der Waals surface area contributed by atoms with Crippen LogP contribution in [0.5, 0.6) is 0 Å². The van der Waals surface area contributed by atoms with Crippen molar-refractivity contribution in [3.05, 3.63) is 40.0 Å². The van der Waals surface area contributed by atoms with Crippen LogP contribution < -0.4 is 0 Å². The van der Waals surface area contributed by atoms with E-state index in [9.17, 15) is 17.6 Å². The van der Waals surface area contributed by atoms with Gasteiger partial charge in [0, 0.05) is 16.0 Å². The number of hydrogen-bond acceptors (Lipinski definition) is 1. The summed E-state index contributed by atoms with van der Waals surface area (Å²) in [6, 6.07) is 3.56. The Morgan fingerprint density at radius 3 is 2.33 bits per heavy atom. The second-order valence-electron chi connectivity index (χ2n) is 3.81. The van der Waals surface area contributed by atoms with Crippen LogP contribution in [0.1, 0.15) is 29.7 Å². The van der Waals surface area contributed by atoms with E-state index in [1.54, 1.807) is 6.92 Å². The number of aryl methyl sites for hydroxylation is 1. The van der Waals surface area contributed by atoms with Gasteiger partial charge < -0.3 is 0 Å². The average Bonchev–Trinajstić information content (AvgIpc) is 2.32. The zero-order chi connectivity index (χ0) is 13.4. The lowest BCUT2D eigenvalue weighted by atomic mass is 10.0. The standard InChI is InChI=1S/C12H8ClF4N/c1-5-8(13)3-2-6-7(11(14)15)4-9(12(16)17)18-10(5)6/h2-4,11-12H,1H3. The van der Waals surface area contributed by atoms with E-state index in [0.29, 0.717) is 10.6 Å². The summed E-state index contributed by atoms with van der Waals surface area (Å²) in [5.74, 6) is 0. The molecule has 0 N–H and O–H groups in total. The van der Waals surface area contributed by atoms with Gasteiger partial charge in [0.2, 0.25) is 0 Å². The molecule has 1 heterocycles. The average molecular weight is 278 g/mol. The molecule has 1 aromatic heterocycles. The summed E-state index contributed by atoms with van der Waals surface area (Å²) in [7, 11) is 0. The fourth-order valence-corrected chi connectivity index (χ4v) is 1.90. The SMILES string of the molecule is Cc1c(Cl)ccc2c(C(F)F)cc(C(F)F)nc12. The molecule has 0 saturated heterocycles. The first kappa shape index (κ1) is 13.1. The minimum atomic E-state index is -2.90. The predicted molar refractivity (Wildman–Crippen MR) is 61.4 cm³/mol. The van der Waals surface area contributed by atoms with Crippen molar-refractivity contribution < 1.29 is 17.6 Å². The number of pyridine rings is 1. The molecule has 18 heavy (non-hydrogen) atoms. The van der Waals surface area contributed by atoms with E-state index in [1.807, 2.05) is 0 Å². The number of fused-ring (bicyclic) bond motifs is 1. The molecule has 6 heteroatoms. The first-order chi connectivity index (χ1) is 8.41. The van der Waals surface area contributed by atoms with Gasteiger partial charge in [0.25, 0.3) is 12.9 Å². The topological polar surface area (TPSA) is 12.9 Å². The number of benzene rings is 1. The summed E-state index contributed by atoms with van der Waals surface area (Å²) in [5.41, 5.74) is -0.604. The molecular formula is C12H8ClF4N. The highest BCUT2D eigenvalue weighted by atomic mass is 35.5. The molecule has 1 aromatic carbocycles. The highest BCUT2D eigenvalue weighted by molar-refractivity contribution is 6.32. The predicted octanol–water partition coefficient (Wildman–Crippen LogP) is 5.07. The molecule has 0 aliphatic carbocycles. The van der Waals surface area contributed by atoms with Crippen molar-refractivity contribution in [3.8, 4) is 0 Å². The number of aromatic nitrogens is 1. The van der Waals surface area contributed by atoms with E-state index in [2.05, 4.69) is 4.98 Å². The molecule has 1 nitrogen and oxygen atoms in total. The molecule has 0 unspecified atom stereocenters. The molecule has 0 atom stereocenters. The maximum absolute atomic E-state index is 12.9. The van der Waals surface area contributed by atoms with Gasteiger partial charge in [-0.25, -0.2) is 22.5 Å². The number of alkyl halides is 4. The van der Waals surface area contributed by atoms with E-state index in [0.717, 1.165) is 6.07 Å². The highest BCUT2D eigenvalue weighted by Gasteiger charge is 2.19. The van der Waals surface area contributed by atoms with Crippen molar-refractivity contribution in [1.82, 2.24) is 4.98 Å². The molecule has 0 bridgehead atoms. The molecule has 2 aromatic rings. The Kier molecular flexibility index (Phi) is 3.43. The number of halogens is 5. The van der Waals surface area contributed by atoms with Crippen molar-refractivity contribution in [2.45, 2.75) is 19.8 Å². The normalized spacial score (nSPS) is 11.8.